The van der Waals surface area contributed by atoms with Gasteiger partial charge in [0.05, 0.1) is 32.0 Å². The second kappa shape index (κ2) is 9.82. The van der Waals surface area contributed by atoms with Gasteiger partial charge in [-0.25, -0.2) is 0 Å². The molecule has 0 fully saturated rings. The smallest absolute Gasteiger partial charge is 0.296 e. The fraction of sp³-hybridized carbons (Fsp3) is 0. The fourth-order valence-electron chi connectivity index (χ4n) is 3.71. The Labute approximate surface area is 219 Å². The summed E-state index contributed by atoms with van der Waals surface area (Å²) in [6.45, 7) is 0. The lowest BCUT2D eigenvalue weighted by Gasteiger charge is -1.98. The minimum Gasteiger partial charge on any atom is -0.493 e. The molecule has 0 unspecified atom stereocenters. The number of fused-ring (bicyclic) bond motifs is 2. The number of non-ortho nitro benzene ring substituents is 2. The van der Waals surface area contributed by atoms with Crippen molar-refractivity contribution in [3.05, 3.63) is 86.2 Å². The van der Waals surface area contributed by atoms with Crippen LogP contribution in [-0.4, -0.2) is 46.8 Å². The molecule has 0 saturated heterocycles. The SMILES string of the molecule is O=C(N=Nc1c(O)[nH]c2ccc([N+](=O)[O-])cc12)c1cncc(C(=O)N=Nc2c(O)[nH]c3ccc([N+](=O)[O-])cc23)c1. The van der Waals surface area contributed by atoms with Gasteiger partial charge in [-0.15, -0.1) is 20.5 Å². The fourth-order valence-corrected chi connectivity index (χ4v) is 3.71. The summed E-state index contributed by atoms with van der Waals surface area (Å²) in [4.78, 5) is 55.0. The summed E-state index contributed by atoms with van der Waals surface area (Å²) in [5.41, 5.74) is -0.669. The predicted octanol–water partition coefficient (Wildman–Crippen LogP) is 5.12. The van der Waals surface area contributed by atoms with Gasteiger partial charge in [-0.1, -0.05) is 0 Å². The Balaban J connectivity index is 1.39. The normalized spacial score (nSPS) is 11.6. The van der Waals surface area contributed by atoms with Gasteiger partial charge in [-0.2, -0.15) is 0 Å². The second-order valence-corrected chi connectivity index (χ2v) is 8.09. The Hall–Kier alpha value is -6.39. The van der Waals surface area contributed by atoms with Crippen molar-refractivity contribution in [1.82, 2.24) is 15.0 Å². The third-order valence-electron chi connectivity index (χ3n) is 5.61. The van der Waals surface area contributed by atoms with E-state index in [4.69, 9.17) is 0 Å². The molecule has 0 saturated carbocycles. The number of H-pyrrole nitrogens is 2. The maximum absolute atomic E-state index is 12.6. The van der Waals surface area contributed by atoms with Crippen molar-refractivity contribution in [2.24, 2.45) is 20.5 Å². The minimum absolute atomic E-state index is 0.150. The maximum Gasteiger partial charge on any atom is 0.296 e. The molecule has 0 atom stereocenters. The number of pyridine rings is 1. The summed E-state index contributed by atoms with van der Waals surface area (Å²) in [7, 11) is 0. The van der Waals surface area contributed by atoms with E-state index in [1.54, 1.807) is 0 Å². The first kappa shape index (κ1) is 25.3. The van der Waals surface area contributed by atoms with Crippen LogP contribution in [0.25, 0.3) is 21.8 Å². The number of nitro benzene ring substituents is 2. The van der Waals surface area contributed by atoms with Crippen LogP contribution in [0.1, 0.15) is 20.7 Å². The number of carbonyl (C=O) groups is 2. The molecule has 40 heavy (non-hydrogen) atoms. The molecule has 5 rings (SSSR count). The standard InChI is InChI=1S/C23H13N9O8/c33-20(29-27-18-14-6-12(31(37)38)1-3-16(14)25-22(18)35)10-5-11(9-24-8-10)21(34)30-28-19-15-7-13(32(39)40)2-4-17(15)26-23(19)36/h1-9,25-26,35-36H. The molecular weight excluding hydrogens is 530 g/mol. The molecule has 0 spiro atoms. The zero-order valence-electron chi connectivity index (χ0n) is 19.7. The molecule has 0 radical (unpaired) electrons. The van der Waals surface area contributed by atoms with Crippen LogP contribution < -0.4 is 0 Å². The highest BCUT2D eigenvalue weighted by Gasteiger charge is 2.18. The van der Waals surface area contributed by atoms with E-state index >= 15 is 0 Å². The first-order valence-corrected chi connectivity index (χ1v) is 11.0. The van der Waals surface area contributed by atoms with Crippen molar-refractivity contribution in [1.29, 1.82) is 0 Å². The Morgan fingerprint density at radius 1 is 0.725 bits per heavy atom. The molecule has 4 N–H and O–H groups in total. The lowest BCUT2D eigenvalue weighted by atomic mass is 10.2. The van der Waals surface area contributed by atoms with E-state index in [1.165, 1.54) is 24.3 Å². The predicted molar refractivity (Wildman–Crippen MR) is 135 cm³/mol. The quantitative estimate of drug-likeness (QED) is 0.126. The highest BCUT2D eigenvalue weighted by molar-refractivity contribution is 6.01. The van der Waals surface area contributed by atoms with E-state index in [-0.39, 0.29) is 44.6 Å². The molecular formula is C23H13N9O8. The van der Waals surface area contributed by atoms with Gasteiger partial charge in [0.15, 0.2) is 11.4 Å². The van der Waals surface area contributed by atoms with Crippen LogP contribution >= 0.6 is 0 Å². The molecule has 2 aromatic carbocycles. The molecule has 17 heteroatoms. The first-order valence-electron chi connectivity index (χ1n) is 11.0. The number of nitro groups is 2. The Bertz CT molecular complexity index is 1800. The zero-order valence-corrected chi connectivity index (χ0v) is 19.7. The Morgan fingerprint density at radius 3 is 1.55 bits per heavy atom. The summed E-state index contributed by atoms with van der Waals surface area (Å²) in [5, 5.41) is 57.1. The number of aromatic nitrogens is 3. The van der Waals surface area contributed by atoms with Gasteiger partial charge < -0.3 is 20.2 Å². The molecule has 0 aliphatic heterocycles. The van der Waals surface area contributed by atoms with Crippen molar-refractivity contribution >= 4 is 56.4 Å². The third kappa shape index (κ3) is 4.67. The lowest BCUT2D eigenvalue weighted by molar-refractivity contribution is -0.384. The largest absolute Gasteiger partial charge is 0.493 e. The van der Waals surface area contributed by atoms with Gasteiger partial charge in [-0.3, -0.25) is 34.8 Å². The lowest BCUT2D eigenvalue weighted by Crippen LogP contribution is -2.01. The zero-order chi connectivity index (χ0) is 28.6. The Morgan fingerprint density at radius 2 is 1.15 bits per heavy atom. The van der Waals surface area contributed by atoms with Crippen molar-refractivity contribution < 1.29 is 29.6 Å². The van der Waals surface area contributed by atoms with E-state index in [9.17, 15) is 40.0 Å². The number of rotatable bonds is 6. The van der Waals surface area contributed by atoms with E-state index in [1.807, 2.05) is 0 Å². The summed E-state index contributed by atoms with van der Waals surface area (Å²) < 4.78 is 0. The molecule has 198 valence electrons. The van der Waals surface area contributed by atoms with Gasteiger partial charge in [-0.05, 0) is 18.2 Å². The average Bonchev–Trinajstić information content (AvgIpc) is 3.43. The van der Waals surface area contributed by atoms with E-state index in [2.05, 4.69) is 35.4 Å². The molecule has 3 heterocycles. The average molecular weight is 543 g/mol. The highest BCUT2D eigenvalue weighted by atomic mass is 16.6. The number of carbonyl (C=O) groups excluding carboxylic acids is 2. The number of amides is 2. The van der Waals surface area contributed by atoms with E-state index in [0.29, 0.717) is 11.0 Å². The Kier molecular flexibility index (Phi) is 6.20. The van der Waals surface area contributed by atoms with Crippen LogP contribution in [-0.2, 0) is 0 Å². The maximum atomic E-state index is 12.6. The van der Waals surface area contributed by atoms with Gasteiger partial charge in [0, 0.05) is 47.4 Å². The van der Waals surface area contributed by atoms with Crippen LogP contribution in [0.2, 0.25) is 0 Å². The van der Waals surface area contributed by atoms with Crippen LogP contribution in [0, 0.1) is 20.2 Å². The number of nitrogens with zero attached hydrogens (tertiary/aromatic N) is 7. The number of hydrogen-bond acceptors (Lipinski definition) is 11. The number of hydrogen-bond donors (Lipinski definition) is 4. The molecule has 3 aromatic heterocycles. The van der Waals surface area contributed by atoms with E-state index in [0.717, 1.165) is 30.6 Å². The molecule has 0 aliphatic carbocycles. The monoisotopic (exact) mass is 543 g/mol. The van der Waals surface area contributed by atoms with Crippen LogP contribution in [0.4, 0.5) is 22.7 Å². The van der Waals surface area contributed by atoms with Gasteiger partial charge in [0.25, 0.3) is 23.2 Å². The number of aromatic hydroxyl groups is 2. The molecule has 17 nitrogen and oxygen atoms in total. The molecule has 0 aliphatic rings. The minimum atomic E-state index is -0.958. The van der Waals surface area contributed by atoms with Gasteiger partial charge in [0.2, 0.25) is 11.8 Å². The summed E-state index contributed by atoms with van der Waals surface area (Å²) in [6.07, 6.45) is 2.19. The van der Waals surface area contributed by atoms with Crippen molar-refractivity contribution in [2.75, 3.05) is 0 Å². The number of nitrogens with one attached hydrogen (secondary N) is 2. The van der Waals surface area contributed by atoms with Crippen molar-refractivity contribution in [3.63, 3.8) is 0 Å². The van der Waals surface area contributed by atoms with Crippen molar-refractivity contribution in [2.45, 2.75) is 0 Å². The second-order valence-electron chi connectivity index (χ2n) is 8.09. The van der Waals surface area contributed by atoms with Crippen LogP contribution in [0.3, 0.4) is 0 Å². The van der Waals surface area contributed by atoms with Gasteiger partial charge >= 0.3 is 0 Å². The molecule has 2 amide bonds. The molecule has 5 aromatic rings. The van der Waals surface area contributed by atoms with E-state index < -0.39 is 33.4 Å². The first-order chi connectivity index (χ1) is 19.1. The highest BCUT2D eigenvalue weighted by Crippen LogP contribution is 2.38. The summed E-state index contributed by atoms with van der Waals surface area (Å²) in [6, 6.07) is 8.58. The third-order valence-corrected chi connectivity index (χ3v) is 5.61. The number of benzene rings is 2. The van der Waals surface area contributed by atoms with Gasteiger partial charge in [0.1, 0.15) is 0 Å². The summed E-state index contributed by atoms with van der Waals surface area (Å²) >= 11 is 0. The van der Waals surface area contributed by atoms with Crippen LogP contribution in [0.5, 0.6) is 11.8 Å². The van der Waals surface area contributed by atoms with Crippen LogP contribution in [0.15, 0.2) is 75.3 Å². The molecule has 0 bridgehead atoms. The number of aromatic amines is 2. The topological polar surface area (TPSA) is 255 Å². The number of azo groups is 2. The van der Waals surface area contributed by atoms with Crippen molar-refractivity contribution in [3.8, 4) is 11.8 Å². The summed E-state index contributed by atoms with van der Waals surface area (Å²) in [5.74, 6) is -2.86.